The SMILES string of the molecule is CCCOc1ccc(C(=O)CCC(=O)N2CCN(c3ncccn3)CC2)cc1. The third kappa shape index (κ3) is 5.28. The van der Waals surface area contributed by atoms with Crippen LogP contribution in [0.5, 0.6) is 5.75 Å². The Labute approximate surface area is 165 Å². The Morgan fingerprint density at radius 1 is 1.00 bits per heavy atom. The summed E-state index contributed by atoms with van der Waals surface area (Å²) in [4.78, 5) is 37.2. The maximum absolute atomic E-state index is 12.5. The number of aromatic nitrogens is 2. The first-order valence-corrected chi connectivity index (χ1v) is 9.73. The molecule has 0 bridgehead atoms. The van der Waals surface area contributed by atoms with Crippen molar-refractivity contribution in [1.29, 1.82) is 0 Å². The highest BCUT2D eigenvalue weighted by Gasteiger charge is 2.22. The van der Waals surface area contributed by atoms with Gasteiger partial charge in [0.2, 0.25) is 11.9 Å². The standard InChI is InChI=1S/C21H26N4O3/c1-2-16-28-18-6-4-17(5-7-18)19(26)8-9-20(27)24-12-14-25(15-13-24)21-22-10-3-11-23-21/h3-7,10-11H,2,8-9,12-16H2,1H3. The molecule has 3 rings (SSSR count). The molecule has 0 atom stereocenters. The van der Waals surface area contributed by atoms with Crippen molar-refractivity contribution in [2.24, 2.45) is 0 Å². The molecule has 28 heavy (non-hydrogen) atoms. The van der Waals surface area contributed by atoms with Crippen LogP contribution in [0.4, 0.5) is 5.95 Å². The minimum Gasteiger partial charge on any atom is -0.494 e. The molecule has 7 nitrogen and oxygen atoms in total. The van der Waals surface area contributed by atoms with E-state index in [1.54, 1.807) is 42.7 Å². The third-order valence-corrected chi connectivity index (χ3v) is 4.68. The van der Waals surface area contributed by atoms with E-state index in [4.69, 9.17) is 4.74 Å². The Balaban J connectivity index is 1.43. The van der Waals surface area contributed by atoms with Crippen molar-refractivity contribution in [2.45, 2.75) is 26.2 Å². The molecule has 1 aromatic heterocycles. The number of hydrogen-bond donors (Lipinski definition) is 0. The molecular weight excluding hydrogens is 356 g/mol. The summed E-state index contributed by atoms with van der Waals surface area (Å²) in [5.41, 5.74) is 0.614. The second-order valence-electron chi connectivity index (χ2n) is 6.71. The summed E-state index contributed by atoms with van der Waals surface area (Å²) >= 11 is 0. The Morgan fingerprint density at radius 2 is 1.68 bits per heavy atom. The second kappa shape index (κ2) is 9.82. The number of ether oxygens (including phenoxy) is 1. The van der Waals surface area contributed by atoms with Crippen LogP contribution in [0.2, 0.25) is 0 Å². The molecular formula is C21H26N4O3. The van der Waals surface area contributed by atoms with Gasteiger partial charge in [0.15, 0.2) is 5.78 Å². The van der Waals surface area contributed by atoms with Gasteiger partial charge in [0.05, 0.1) is 6.61 Å². The van der Waals surface area contributed by atoms with Crippen LogP contribution in [0, 0.1) is 0 Å². The molecule has 0 radical (unpaired) electrons. The van der Waals surface area contributed by atoms with E-state index in [1.165, 1.54) is 0 Å². The van der Waals surface area contributed by atoms with E-state index in [9.17, 15) is 9.59 Å². The number of nitrogens with zero attached hydrogens (tertiary/aromatic N) is 4. The van der Waals surface area contributed by atoms with Crippen LogP contribution < -0.4 is 9.64 Å². The van der Waals surface area contributed by atoms with Gasteiger partial charge in [-0.25, -0.2) is 9.97 Å². The smallest absolute Gasteiger partial charge is 0.225 e. The minimum atomic E-state index is -0.0216. The predicted molar refractivity (Wildman–Crippen MR) is 107 cm³/mol. The van der Waals surface area contributed by atoms with Gasteiger partial charge in [-0.05, 0) is 36.8 Å². The van der Waals surface area contributed by atoms with Crippen LogP contribution in [0.1, 0.15) is 36.5 Å². The number of anilines is 1. The molecule has 2 heterocycles. The van der Waals surface area contributed by atoms with Crippen molar-refractivity contribution in [2.75, 3.05) is 37.7 Å². The molecule has 1 fully saturated rings. The first-order chi connectivity index (χ1) is 13.7. The maximum Gasteiger partial charge on any atom is 0.225 e. The lowest BCUT2D eigenvalue weighted by Gasteiger charge is -2.34. The maximum atomic E-state index is 12.5. The quantitative estimate of drug-likeness (QED) is 0.653. The van der Waals surface area contributed by atoms with Crippen molar-refractivity contribution in [3.05, 3.63) is 48.3 Å². The zero-order valence-corrected chi connectivity index (χ0v) is 16.2. The number of ketones is 1. The van der Waals surface area contributed by atoms with Crippen molar-refractivity contribution in [3.63, 3.8) is 0 Å². The summed E-state index contributed by atoms with van der Waals surface area (Å²) in [6.45, 7) is 5.34. The number of amides is 1. The summed E-state index contributed by atoms with van der Waals surface area (Å²) in [5.74, 6) is 1.45. The molecule has 1 aliphatic rings. The average Bonchev–Trinajstić information content (AvgIpc) is 2.77. The van der Waals surface area contributed by atoms with E-state index in [0.29, 0.717) is 44.3 Å². The molecule has 7 heteroatoms. The normalized spacial score (nSPS) is 14.0. The van der Waals surface area contributed by atoms with E-state index in [0.717, 1.165) is 12.2 Å². The number of carbonyl (C=O) groups is 2. The molecule has 0 saturated carbocycles. The highest BCUT2D eigenvalue weighted by Crippen LogP contribution is 2.15. The highest BCUT2D eigenvalue weighted by molar-refractivity contribution is 5.98. The van der Waals surface area contributed by atoms with Gasteiger partial charge in [0, 0.05) is 57.0 Å². The molecule has 2 aromatic rings. The van der Waals surface area contributed by atoms with Gasteiger partial charge in [0.1, 0.15) is 5.75 Å². The van der Waals surface area contributed by atoms with E-state index in [2.05, 4.69) is 14.9 Å². The van der Waals surface area contributed by atoms with Crippen LogP contribution in [0.3, 0.4) is 0 Å². The van der Waals surface area contributed by atoms with Gasteiger partial charge in [-0.2, -0.15) is 0 Å². The van der Waals surface area contributed by atoms with Crippen molar-refractivity contribution in [3.8, 4) is 5.75 Å². The summed E-state index contributed by atoms with van der Waals surface area (Å²) in [6.07, 6.45) is 4.82. The fraction of sp³-hybridized carbons (Fsp3) is 0.429. The molecule has 0 unspecified atom stereocenters. The number of hydrogen-bond acceptors (Lipinski definition) is 6. The van der Waals surface area contributed by atoms with Gasteiger partial charge in [-0.1, -0.05) is 6.92 Å². The Morgan fingerprint density at radius 3 is 2.32 bits per heavy atom. The summed E-state index contributed by atoms with van der Waals surface area (Å²) in [6, 6.07) is 8.91. The molecule has 1 amide bonds. The summed E-state index contributed by atoms with van der Waals surface area (Å²) < 4.78 is 5.52. The lowest BCUT2D eigenvalue weighted by Crippen LogP contribution is -2.49. The molecule has 0 aliphatic carbocycles. The Kier molecular flexibility index (Phi) is 6.94. The van der Waals surface area contributed by atoms with Crippen LogP contribution >= 0.6 is 0 Å². The van der Waals surface area contributed by atoms with Crippen molar-refractivity contribution < 1.29 is 14.3 Å². The fourth-order valence-electron chi connectivity index (χ4n) is 3.09. The van der Waals surface area contributed by atoms with Crippen LogP contribution in [0.15, 0.2) is 42.7 Å². The average molecular weight is 382 g/mol. The number of piperazine rings is 1. The molecule has 1 saturated heterocycles. The van der Waals surface area contributed by atoms with Crippen LogP contribution in [-0.2, 0) is 4.79 Å². The Hall–Kier alpha value is -2.96. The van der Waals surface area contributed by atoms with Crippen molar-refractivity contribution >= 4 is 17.6 Å². The number of benzene rings is 1. The lowest BCUT2D eigenvalue weighted by atomic mass is 10.1. The molecule has 148 valence electrons. The van der Waals surface area contributed by atoms with Crippen LogP contribution in [0.25, 0.3) is 0 Å². The minimum absolute atomic E-state index is 0.0184. The summed E-state index contributed by atoms with van der Waals surface area (Å²) in [7, 11) is 0. The highest BCUT2D eigenvalue weighted by atomic mass is 16.5. The monoisotopic (exact) mass is 382 g/mol. The van der Waals surface area contributed by atoms with Crippen LogP contribution in [-0.4, -0.2) is 59.3 Å². The van der Waals surface area contributed by atoms with E-state index in [-0.39, 0.29) is 24.5 Å². The first-order valence-electron chi connectivity index (χ1n) is 9.73. The van der Waals surface area contributed by atoms with Gasteiger partial charge in [-0.3, -0.25) is 9.59 Å². The fourth-order valence-corrected chi connectivity index (χ4v) is 3.09. The molecule has 1 aromatic carbocycles. The summed E-state index contributed by atoms with van der Waals surface area (Å²) in [5, 5.41) is 0. The Bertz CT molecular complexity index is 772. The van der Waals surface area contributed by atoms with Crippen molar-refractivity contribution in [1.82, 2.24) is 14.9 Å². The second-order valence-corrected chi connectivity index (χ2v) is 6.71. The molecule has 0 N–H and O–H groups in total. The molecule has 0 spiro atoms. The third-order valence-electron chi connectivity index (χ3n) is 4.68. The predicted octanol–water partition coefficient (Wildman–Crippen LogP) is 2.58. The van der Waals surface area contributed by atoms with E-state index in [1.807, 2.05) is 11.8 Å². The number of carbonyl (C=O) groups excluding carboxylic acids is 2. The zero-order chi connectivity index (χ0) is 19.8. The van der Waals surface area contributed by atoms with E-state index >= 15 is 0 Å². The first kappa shape index (κ1) is 19.8. The van der Waals surface area contributed by atoms with Gasteiger partial charge in [-0.15, -0.1) is 0 Å². The lowest BCUT2D eigenvalue weighted by molar-refractivity contribution is -0.131. The molecule has 1 aliphatic heterocycles. The largest absolute Gasteiger partial charge is 0.494 e. The van der Waals surface area contributed by atoms with Gasteiger partial charge in [0.25, 0.3) is 0 Å². The van der Waals surface area contributed by atoms with E-state index < -0.39 is 0 Å². The number of rotatable bonds is 8. The topological polar surface area (TPSA) is 75.6 Å². The van der Waals surface area contributed by atoms with Gasteiger partial charge < -0.3 is 14.5 Å². The zero-order valence-electron chi connectivity index (χ0n) is 16.2. The van der Waals surface area contributed by atoms with Gasteiger partial charge >= 0.3 is 0 Å². The number of Topliss-reactive ketones (excluding diaryl/α,β-unsaturated/α-hetero) is 1.